The highest BCUT2D eigenvalue weighted by Gasteiger charge is 2.70. The summed E-state index contributed by atoms with van der Waals surface area (Å²) in [5.74, 6) is -0.297. The average Bonchev–Trinajstić information content (AvgIpc) is 3.04. The van der Waals surface area contributed by atoms with Crippen LogP contribution in [-0.2, 0) is 19.1 Å². The summed E-state index contributed by atoms with van der Waals surface area (Å²) < 4.78 is 5.98. The standard InChI is InChI=1S/C26H38O6/c1-4-5-6-22(31)32-26(21(30)15-27)12-10-19-18-8-7-16-13-17(28)9-11-24(16,2)23(18)20(29)14-25(19,26)3/h13,18-20,23,27,29H,4-12,14-15H2,1-3H3/t18-,19+,20+,23-,24-,25-,26-/m0/s1. The van der Waals surface area contributed by atoms with E-state index in [4.69, 9.17) is 4.74 Å². The number of fused-ring (bicyclic) bond motifs is 5. The van der Waals surface area contributed by atoms with Crippen LogP contribution in [-0.4, -0.2) is 46.1 Å². The van der Waals surface area contributed by atoms with E-state index >= 15 is 0 Å². The Bertz CT molecular complexity index is 832. The summed E-state index contributed by atoms with van der Waals surface area (Å²) in [6, 6.07) is 0. The molecule has 0 bridgehead atoms. The maximum absolute atomic E-state index is 13.1. The molecule has 0 amide bonds. The van der Waals surface area contributed by atoms with Crippen LogP contribution in [0.5, 0.6) is 0 Å². The van der Waals surface area contributed by atoms with Crippen molar-refractivity contribution < 1.29 is 29.3 Å². The lowest BCUT2D eigenvalue weighted by molar-refractivity contribution is -0.202. The molecule has 3 saturated carbocycles. The van der Waals surface area contributed by atoms with E-state index in [-0.39, 0.29) is 35.4 Å². The number of aliphatic hydroxyl groups excluding tert-OH is 2. The third-order valence-electron chi connectivity index (χ3n) is 9.63. The third kappa shape index (κ3) is 3.32. The molecule has 0 spiro atoms. The largest absolute Gasteiger partial charge is 0.450 e. The van der Waals surface area contributed by atoms with Crippen molar-refractivity contribution >= 4 is 17.5 Å². The van der Waals surface area contributed by atoms with E-state index < -0.39 is 35.5 Å². The van der Waals surface area contributed by atoms with E-state index in [2.05, 4.69) is 6.92 Å². The summed E-state index contributed by atoms with van der Waals surface area (Å²) in [7, 11) is 0. The van der Waals surface area contributed by atoms with Crippen molar-refractivity contribution in [1.29, 1.82) is 0 Å². The van der Waals surface area contributed by atoms with Gasteiger partial charge in [0.05, 0.1) is 6.10 Å². The van der Waals surface area contributed by atoms with Gasteiger partial charge in [-0.15, -0.1) is 0 Å². The van der Waals surface area contributed by atoms with E-state index in [9.17, 15) is 24.6 Å². The molecular weight excluding hydrogens is 408 g/mol. The van der Waals surface area contributed by atoms with Crippen LogP contribution < -0.4 is 0 Å². The Balaban J connectivity index is 1.70. The van der Waals surface area contributed by atoms with Crippen LogP contribution in [0.15, 0.2) is 11.6 Å². The van der Waals surface area contributed by atoms with Gasteiger partial charge in [0.2, 0.25) is 5.78 Å². The van der Waals surface area contributed by atoms with E-state index in [1.165, 1.54) is 5.57 Å². The fourth-order valence-corrected chi connectivity index (χ4v) is 8.05. The van der Waals surface area contributed by atoms with E-state index in [0.717, 1.165) is 32.1 Å². The number of unbranched alkanes of at least 4 members (excludes halogenated alkanes) is 1. The Hall–Kier alpha value is -1.53. The summed E-state index contributed by atoms with van der Waals surface area (Å²) in [6.45, 7) is 5.51. The number of hydrogen-bond acceptors (Lipinski definition) is 6. The van der Waals surface area contributed by atoms with Crippen LogP contribution in [0.4, 0.5) is 0 Å². The van der Waals surface area contributed by atoms with Crippen molar-refractivity contribution in [1.82, 2.24) is 0 Å². The highest BCUT2D eigenvalue weighted by molar-refractivity contribution is 5.92. The van der Waals surface area contributed by atoms with Gasteiger partial charge in [-0.25, -0.2) is 0 Å². The van der Waals surface area contributed by atoms with Gasteiger partial charge >= 0.3 is 5.97 Å². The lowest BCUT2D eigenvalue weighted by Gasteiger charge is -2.60. The van der Waals surface area contributed by atoms with E-state index in [1.54, 1.807) is 0 Å². The molecule has 0 aliphatic heterocycles. The predicted molar refractivity (Wildman–Crippen MR) is 119 cm³/mol. The highest BCUT2D eigenvalue weighted by Crippen LogP contribution is 2.68. The van der Waals surface area contributed by atoms with Gasteiger partial charge in [0.15, 0.2) is 11.4 Å². The molecule has 3 fully saturated rings. The van der Waals surface area contributed by atoms with Crippen LogP contribution in [0.3, 0.4) is 0 Å². The molecule has 0 aromatic rings. The molecular formula is C26H38O6. The summed E-state index contributed by atoms with van der Waals surface area (Å²) in [5, 5.41) is 21.4. The first kappa shape index (κ1) is 23.6. The van der Waals surface area contributed by atoms with Crippen molar-refractivity contribution in [2.45, 2.75) is 96.7 Å². The second-order valence-corrected chi connectivity index (χ2v) is 11.1. The number of hydrogen-bond donors (Lipinski definition) is 2. The quantitative estimate of drug-likeness (QED) is 0.606. The molecule has 2 N–H and O–H groups in total. The zero-order valence-electron chi connectivity index (χ0n) is 19.7. The fraction of sp³-hybridized carbons (Fsp3) is 0.808. The van der Waals surface area contributed by atoms with Crippen molar-refractivity contribution in [3.8, 4) is 0 Å². The predicted octanol–water partition coefficient (Wildman–Crippen LogP) is 3.52. The molecule has 0 saturated heterocycles. The number of ketones is 2. The maximum Gasteiger partial charge on any atom is 0.306 e. The minimum absolute atomic E-state index is 0.0319. The van der Waals surface area contributed by atoms with Gasteiger partial charge in [-0.2, -0.15) is 0 Å². The molecule has 4 aliphatic rings. The molecule has 32 heavy (non-hydrogen) atoms. The second kappa shape index (κ2) is 8.35. The van der Waals surface area contributed by atoms with Crippen LogP contribution in [0.1, 0.15) is 85.0 Å². The molecule has 178 valence electrons. The Labute approximate surface area is 190 Å². The van der Waals surface area contributed by atoms with Crippen LogP contribution >= 0.6 is 0 Å². The van der Waals surface area contributed by atoms with Gasteiger partial charge < -0.3 is 14.9 Å². The number of allylic oxidation sites excluding steroid dienone is 1. The molecule has 4 aliphatic carbocycles. The molecule has 6 heteroatoms. The first-order valence-corrected chi connectivity index (χ1v) is 12.4. The monoisotopic (exact) mass is 446 g/mol. The molecule has 7 atom stereocenters. The van der Waals surface area contributed by atoms with Crippen LogP contribution in [0.25, 0.3) is 0 Å². The zero-order chi connectivity index (χ0) is 23.3. The Morgan fingerprint density at radius 1 is 1.19 bits per heavy atom. The van der Waals surface area contributed by atoms with Crippen molar-refractivity contribution in [3.63, 3.8) is 0 Å². The van der Waals surface area contributed by atoms with E-state index in [1.807, 2.05) is 19.9 Å². The zero-order valence-corrected chi connectivity index (χ0v) is 19.7. The van der Waals surface area contributed by atoms with Crippen molar-refractivity contribution in [2.75, 3.05) is 6.61 Å². The van der Waals surface area contributed by atoms with Gasteiger partial charge in [0.1, 0.15) is 6.61 Å². The summed E-state index contributed by atoms with van der Waals surface area (Å²) >= 11 is 0. The number of carbonyl (C=O) groups excluding carboxylic acids is 3. The van der Waals surface area contributed by atoms with Crippen LogP contribution in [0, 0.1) is 28.6 Å². The summed E-state index contributed by atoms with van der Waals surface area (Å²) in [5.41, 5.74) is -1.12. The molecule has 0 aromatic heterocycles. The minimum atomic E-state index is -1.37. The Kier molecular flexibility index (Phi) is 6.17. The van der Waals surface area contributed by atoms with Crippen LogP contribution in [0.2, 0.25) is 0 Å². The highest BCUT2D eigenvalue weighted by atomic mass is 16.6. The Morgan fingerprint density at radius 2 is 1.94 bits per heavy atom. The number of rotatable bonds is 6. The molecule has 4 rings (SSSR count). The number of Topliss-reactive ketones (excluding diaryl/α,β-unsaturated/α-hetero) is 1. The fourth-order valence-electron chi connectivity index (χ4n) is 8.05. The number of aliphatic hydroxyl groups is 2. The van der Waals surface area contributed by atoms with Gasteiger partial charge in [-0.1, -0.05) is 32.8 Å². The van der Waals surface area contributed by atoms with Crippen molar-refractivity contribution in [3.05, 3.63) is 11.6 Å². The van der Waals surface area contributed by atoms with E-state index in [0.29, 0.717) is 25.7 Å². The molecule has 6 nitrogen and oxygen atoms in total. The topological polar surface area (TPSA) is 101 Å². The lowest BCUT2D eigenvalue weighted by Crippen LogP contribution is -2.63. The molecule has 0 heterocycles. The Morgan fingerprint density at radius 3 is 2.62 bits per heavy atom. The van der Waals surface area contributed by atoms with Gasteiger partial charge in [0, 0.05) is 18.3 Å². The number of esters is 1. The minimum Gasteiger partial charge on any atom is -0.450 e. The number of carbonyl (C=O) groups is 3. The van der Waals surface area contributed by atoms with Gasteiger partial charge in [-0.05, 0) is 74.2 Å². The smallest absolute Gasteiger partial charge is 0.306 e. The molecule has 0 radical (unpaired) electrons. The second-order valence-electron chi connectivity index (χ2n) is 11.1. The lowest BCUT2D eigenvalue weighted by atomic mass is 9.45. The number of ether oxygens (including phenoxy) is 1. The summed E-state index contributed by atoms with van der Waals surface area (Å²) in [6.07, 6.45) is 7.44. The normalized spacial score (nSPS) is 43.0. The van der Waals surface area contributed by atoms with Gasteiger partial charge in [-0.3, -0.25) is 14.4 Å². The van der Waals surface area contributed by atoms with Crippen molar-refractivity contribution in [2.24, 2.45) is 28.6 Å². The first-order valence-electron chi connectivity index (χ1n) is 12.4. The maximum atomic E-state index is 13.1. The SMILES string of the molecule is CCCCC(=O)O[C@]1(C(=O)CO)CC[C@@H]2[C@@H]3CCC4=CC(=O)CC[C@]4(C)[C@@H]3[C@H](O)C[C@@]21C. The first-order chi connectivity index (χ1) is 15.1. The summed E-state index contributed by atoms with van der Waals surface area (Å²) in [4.78, 5) is 37.9. The molecule has 0 aromatic carbocycles. The van der Waals surface area contributed by atoms with Gasteiger partial charge in [0.25, 0.3) is 0 Å². The molecule has 0 unspecified atom stereocenters. The average molecular weight is 447 g/mol. The third-order valence-corrected chi connectivity index (χ3v) is 9.63.